The van der Waals surface area contributed by atoms with Crippen molar-refractivity contribution in [3.05, 3.63) is 107 Å². The first kappa shape index (κ1) is 35.1. The number of carbonyl (C=O) groups is 4. The molecule has 0 aliphatic carbocycles. The highest BCUT2D eigenvalue weighted by atomic mass is 32.1. The van der Waals surface area contributed by atoms with E-state index in [4.69, 9.17) is 4.74 Å². The van der Waals surface area contributed by atoms with E-state index in [9.17, 15) is 19.2 Å². The standard InChI is InChI=1S/C42H36N8O5S/c1-24(52)55-19-3-16-48(2)28-7-5-26(6-8-28)46-47-42-45-35-9-4-25(20-39(35)56-42)40(53)49-17-14-30-32-22-36(44-34(32)11-13-37(30)49)41(54)50-18-15-29-31-21-27(23-51)43-33(31)10-12-38(29)50/h4-13,20-23,43-44H,3,14-19H2,1-2H3/b47-46+. The van der Waals surface area contributed by atoms with Gasteiger partial charge in [0.2, 0.25) is 5.13 Å². The summed E-state index contributed by atoms with van der Waals surface area (Å²) >= 11 is 1.37. The number of thiazole rings is 1. The smallest absolute Gasteiger partial charge is 0.302 e. The molecule has 280 valence electrons. The van der Waals surface area contributed by atoms with Crippen molar-refractivity contribution in [2.45, 2.75) is 26.2 Å². The molecule has 0 unspecified atom stereocenters. The van der Waals surface area contributed by atoms with E-state index in [1.807, 2.05) is 79.8 Å². The topological polar surface area (TPSA) is 156 Å². The highest BCUT2D eigenvalue weighted by molar-refractivity contribution is 7.21. The molecular weight excluding hydrogens is 729 g/mol. The summed E-state index contributed by atoms with van der Waals surface area (Å²) in [6.07, 6.45) is 2.91. The van der Waals surface area contributed by atoms with Gasteiger partial charge in [-0.05, 0) is 109 Å². The number of aldehydes is 1. The second-order valence-corrected chi connectivity index (χ2v) is 15.0. The third kappa shape index (κ3) is 6.37. The highest BCUT2D eigenvalue weighted by Crippen LogP contribution is 2.39. The van der Waals surface area contributed by atoms with Crippen LogP contribution in [0.25, 0.3) is 32.0 Å². The van der Waals surface area contributed by atoms with Gasteiger partial charge < -0.3 is 29.4 Å². The highest BCUT2D eigenvalue weighted by Gasteiger charge is 2.31. The number of ether oxygens (including phenoxy) is 1. The van der Waals surface area contributed by atoms with Crippen molar-refractivity contribution in [2.24, 2.45) is 10.2 Å². The number of azo groups is 1. The molecule has 14 heteroatoms. The molecular formula is C42H36N8O5S. The molecule has 0 fully saturated rings. The van der Waals surface area contributed by atoms with Crippen LogP contribution in [-0.4, -0.2) is 72.3 Å². The Labute approximate surface area is 324 Å². The Morgan fingerprint density at radius 2 is 1.55 bits per heavy atom. The van der Waals surface area contributed by atoms with Crippen molar-refractivity contribution in [3.8, 4) is 0 Å². The summed E-state index contributed by atoms with van der Waals surface area (Å²) in [5, 5.41) is 11.1. The molecule has 2 N–H and O–H groups in total. The Balaban J connectivity index is 0.886. The fourth-order valence-corrected chi connectivity index (χ4v) is 8.58. The third-order valence-corrected chi connectivity index (χ3v) is 11.4. The lowest BCUT2D eigenvalue weighted by molar-refractivity contribution is -0.140. The van der Waals surface area contributed by atoms with Crippen LogP contribution < -0.4 is 14.7 Å². The van der Waals surface area contributed by atoms with E-state index in [-0.39, 0.29) is 17.8 Å². The summed E-state index contributed by atoms with van der Waals surface area (Å²) in [7, 11) is 1.98. The predicted molar refractivity (Wildman–Crippen MR) is 218 cm³/mol. The molecule has 5 heterocycles. The van der Waals surface area contributed by atoms with Crippen molar-refractivity contribution in [3.63, 3.8) is 0 Å². The maximum Gasteiger partial charge on any atom is 0.302 e. The monoisotopic (exact) mass is 764 g/mol. The van der Waals surface area contributed by atoms with Gasteiger partial charge in [-0.1, -0.05) is 11.3 Å². The Bertz CT molecular complexity index is 2750. The number of nitrogens with one attached hydrogen (secondary N) is 2. The lowest BCUT2D eigenvalue weighted by Crippen LogP contribution is -2.29. The number of amides is 2. The normalized spacial score (nSPS) is 13.6. The molecule has 13 nitrogen and oxygen atoms in total. The quantitative estimate of drug-likeness (QED) is 0.0614. The lowest BCUT2D eigenvalue weighted by atomic mass is 10.1. The van der Waals surface area contributed by atoms with Crippen LogP contribution in [0, 0.1) is 0 Å². The third-order valence-electron chi connectivity index (χ3n) is 10.5. The van der Waals surface area contributed by atoms with Gasteiger partial charge in [0, 0.05) is 78.0 Å². The van der Waals surface area contributed by atoms with Gasteiger partial charge in [0.05, 0.1) is 28.2 Å². The number of nitrogens with zero attached hydrogens (tertiary/aromatic N) is 6. The zero-order valence-electron chi connectivity index (χ0n) is 30.7. The van der Waals surface area contributed by atoms with Crippen LogP contribution in [0.1, 0.15) is 55.8 Å². The number of hydrogen-bond acceptors (Lipinski definition) is 10. The zero-order valence-corrected chi connectivity index (χ0v) is 31.5. The molecule has 0 radical (unpaired) electrons. The van der Waals surface area contributed by atoms with Crippen LogP contribution in [0.3, 0.4) is 0 Å². The number of aromatic nitrogens is 3. The summed E-state index contributed by atoms with van der Waals surface area (Å²) in [6, 6.07) is 24.7. The molecule has 4 aromatic carbocycles. The largest absolute Gasteiger partial charge is 0.466 e. The van der Waals surface area contributed by atoms with Gasteiger partial charge in [0.15, 0.2) is 6.29 Å². The average molecular weight is 765 g/mol. The van der Waals surface area contributed by atoms with E-state index >= 15 is 0 Å². The second kappa shape index (κ2) is 14.2. The second-order valence-electron chi connectivity index (χ2n) is 14.0. The van der Waals surface area contributed by atoms with Crippen molar-refractivity contribution in [1.82, 2.24) is 15.0 Å². The number of benzene rings is 4. The van der Waals surface area contributed by atoms with Crippen LogP contribution >= 0.6 is 11.3 Å². The number of fused-ring (bicyclic) bond motifs is 7. The van der Waals surface area contributed by atoms with Crippen LogP contribution in [0.4, 0.5) is 27.9 Å². The van der Waals surface area contributed by atoms with Gasteiger partial charge in [-0.15, -0.1) is 10.2 Å². The van der Waals surface area contributed by atoms with E-state index in [1.165, 1.54) is 18.3 Å². The molecule has 2 aliphatic rings. The summed E-state index contributed by atoms with van der Waals surface area (Å²) in [6.45, 7) is 3.62. The summed E-state index contributed by atoms with van der Waals surface area (Å²) < 4.78 is 5.85. The molecule has 0 saturated carbocycles. The number of esters is 1. The first-order chi connectivity index (χ1) is 27.2. The fraction of sp³-hybridized carbons (Fsp3) is 0.214. The van der Waals surface area contributed by atoms with Gasteiger partial charge in [-0.3, -0.25) is 19.2 Å². The molecule has 2 aliphatic heterocycles. The Morgan fingerprint density at radius 3 is 2.27 bits per heavy atom. The number of rotatable bonds is 10. The number of carbonyl (C=O) groups excluding carboxylic acids is 4. The fourth-order valence-electron chi connectivity index (χ4n) is 7.76. The van der Waals surface area contributed by atoms with Crippen LogP contribution in [0.15, 0.2) is 89.1 Å². The first-order valence-corrected chi connectivity index (χ1v) is 19.2. The number of anilines is 3. The maximum atomic E-state index is 14.0. The Hall–Kier alpha value is -6.67. The van der Waals surface area contributed by atoms with E-state index in [0.717, 1.165) is 79.5 Å². The molecule has 0 saturated heterocycles. The maximum absolute atomic E-state index is 14.0. The van der Waals surface area contributed by atoms with E-state index in [1.54, 1.807) is 15.9 Å². The molecule has 56 heavy (non-hydrogen) atoms. The minimum Gasteiger partial charge on any atom is -0.466 e. The molecule has 7 aromatic rings. The van der Waals surface area contributed by atoms with Crippen molar-refractivity contribution >= 4 is 95.3 Å². The Kier molecular flexibility index (Phi) is 8.89. The summed E-state index contributed by atoms with van der Waals surface area (Å²) in [5.41, 5.74) is 9.52. The first-order valence-electron chi connectivity index (χ1n) is 18.4. The van der Waals surface area contributed by atoms with Crippen LogP contribution in [0.2, 0.25) is 0 Å². The molecule has 0 atom stereocenters. The van der Waals surface area contributed by atoms with Gasteiger partial charge in [0.1, 0.15) is 5.69 Å². The van der Waals surface area contributed by atoms with Gasteiger partial charge in [-0.2, -0.15) is 0 Å². The van der Waals surface area contributed by atoms with E-state index in [0.29, 0.717) is 60.3 Å². The lowest BCUT2D eigenvalue weighted by Gasteiger charge is -2.19. The number of aromatic amines is 2. The van der Waals surface area contributed by atoms with Gasteiger partial charge in [0.25, 0.3) is 11.8 Å². The molecule has 0 spiro atoms. The number of H-pyrrole nitrogens is 2. The van der Waals surface area contributed by atoms with Crippen molar-refractivity contribution < 1.29 is 23.9 Å². The van der Waals surface area contributed by atoms with Crippen LogP contribution in [0.5, 0.6) is 0 Å². The predicted octanol–water partition coefficient (Wildman–Crippen LogP) is 8.28. The summed E-state index contributed by atoms with van der Waals surface area (Å²) in [5.74, 6) is -0.494. The average Bonchev–Trinajstić information content (AvgIpc) is 4.05. The van der Waals surface area contributed by atoms with E-state index < -0.39 is 0 Å². The van der Waals surface area contributed by atoms with Crippen molar-refractivity contribution in [2.75, 3.05) is 48.0 Å². The molecule has 3 aromatic heterocycles. The molecule has 0 bridgehead atoms. The number of hydrogen-bond donors (Lipinski definition) is 2. The minimum atomic E-state index is -0.273. The summed E-state index contributed by atoms with van der Waals surface area (Å²) in [4.78, 5) is 66.9. The minimum absolute atomic E-state index is 0.104. The Morgan fingerprint density at radius 1 is 0.857 bits per heavy atom. The zero-order chi connectivity index (χ0) is 38.5. The van der Waals surface area contributed by atoms with Gasteiger partial charge in [-0.25, -0.2) is 4.98 Å². The van der Waals surface area contributed by atoms with Crippen molar-refractivity contribution in [1.29, 1.82) is 0 Å². The molecule has 9 rings (SSSR count). The van der Waals surface area contributed by atoms with Crippen LogP contribution in [-0.2, 0) is 22.4 Å². The van der Waals surface area contributed by atoms with Gasteiger partial charge >= 0.3 is 5.97 Å². The van der Waals surface area contributed by atoms with E-state index in [2.05, 4.69) is 30.1 Å². The molecule has 2 amide bonds. The SMILES string of the molecule is CC(=O)OCCCN(C)c1ccc(/N=N/c2nc3ccc(C(=O)N4CCc5c4ccc4[nH]c(C(=O)N6CCc7c6ccc6[nH]c(C=O)cc76)cc54)cc3s2)cc1.